The molecule has 0 bridgehead atoms. The van der Waals surface area contributed by atoms with E-state index in [1.807, 2.05) is 0 Å². The molecule has 23 heavy (non-hydrogen) atoms. The van der Waals surface area contributed by atoms with Crippen LogP contribution in [0.5, 0.6) is 0 Å². The number of terminal acetylenes is 1. The van der Waals surface area contributed by atoms with Crippen molar-refractivity contribution in [3.8, 4) is 12.3 Å². The molecule has 0 aromatic heterocycles. The van der Waals surface area contributed by atoms with E-state index in [0.717, 1.165) is 4.90 Å². The van der Waals surface area contributed by atoms with Crippen molar-refractivity contribution in [2.75, 3.05) is 6.54 Å². The van der Waals surface area contributed by atoms with Gasteiger partial charge in [-0.05, 0) is 5.70 Å². The largest absolute Gasteiger partial charge is 0.369 e. The molecule has 7 heteroatoms. The number of hydrogen-bond acceptors (Lipinski definition) is 1. The van der Waals surface area contributed by atoms with E-state index in [2.05, 4.69) is 18.6 Å². The topological polar surface area (TPSA) is 3.24 Å². The van der Waals surface area contributed by atoms with Crippen molar-refractivity contribution < 1.29 is 54.7 Å². The van der Waals surface area contributed by atoms with E-state index in [4.69, 9.17) is 6.42 Å². The molecule has 0 fully saturated rings. The maximum atomic E-state index is 13.3. The summed E-state index contributed by atoms with van der Waals surface area (Å²) in [6.07, 6.45) is 6.35. The van der Waals surface area contributed by atoms with Gasteiger partial charge in [-0.25, -0.2) is 22.0 Å². The van der Waals surface area contributed by atoms with Crippen molar-refractivity contribution in [3.05, 3.63) is 65.1 Å². The predicted octanol–water partition coefficient (Wildman–Crippen LogP) is 3.90. The number of halogens is 5. The minimum atomic E-state index is -2.75. The van der Waals surface area contributed by atoms with E-state index in [1.54, 1.807) is 0 Å². The van der Waals surface area contributed by atoms with Crippen molar-refractivity contribution in [2.45, 2.75) is 6.43 Å². The standard InChI is InChI=1S/C16H9F5N.Y/c1-3-10-4-5-14(22(9(10)2)8-15(19)20)11-6-12(17)16(21)13(18)7-11;/h1,4,6-7,15H,2,8H2;/q-1;. The Hall–Kier alpha value is -1.45. The van der Waals surface area contributed by atoms with Gasteiger partial charge in [-0.3, -0.25) is 0 Å². The quantitative estimate of drug-likeness (QED) is 0.323. The van der Waals surface area contributed by atoms with Crippen LogP contribution in [0.25, 0.3) is 5.70 Å². The van der Waals surface area contributed by atoms with Gasteiger partial charge in [0.05, 0.1) is 6.54 Å². The molecule has 0 unspecified atom stereocenters. The van der Waals surface area contributed by atoms with Gasteiger partial charge in [0.15, 0.2) is 17.5 Å². The van der Waals surface area contributed by atoms with Crippen LogP contribution in [0.1, 0.15) is 5.56 Å². The number of hydrogen-bond donors (Lipinski definition) is 0. The molecule has 0 atom stereocenters. The van der Waals surface area contributed by atoms with E-state index < -0.39 is 30.4 Å². The Morgan fingerprint density at radius 1 is 1.22 bits per heavy atom. The molecule has 1 heterocycles. The van der Waals surface area contributed by atoms with Crippen molar-refractivity contribution >= 4 is 5.70 Å². The summed E-state index contributed by atoms with van der Waals surface area (Å²) in [6.45, 7) is 2.81. The maximum Gasteiger partial charge on any atom is 0.256 e. The molecule has 0 saturated carbocycles. The summed E-state index contributed by atoms with van der Waals surface area (Å²) in [5.74, 6) is -2.25. The van der Waals surface area contributed by atoms with Crippen molar-refractivity contribution in [3.63, 3.8) is 0 Å². The van der Waals surface area contributed by atoms with Gasteiger partial charge in [0.25, 0.3) is 6.43 Å². The van der Waals surface area contributed by atoms with E-state index >= 15 is 0 Å². The number of alkyl halides is 2. The second-order valence-electron chi connectivity index (χ2n) is 4.40. The minimum absolute atomic E-state index is 0. The smallest absolute Gasteiger partial charge is 0.256 e. The Kier molecular flexibility index (Phi) is 6.73. The minimum Gasteiger partial charge on any atom is -0.369 e. The molecule has 117 valence electrons. The normalized spacial score (nSPS) is 14.1. The van der Waals surface area contributed by atoms with Gasteiger partial charge in [-0.15, -0.1) is 12.3 Å². The molecular formula is C16H9F5NY-. The summed E-state index contributed by atoms with van der Waals surface area (Å²) in [5.41, 5.74) is 0.0711. The Labute approximate surface area is 155 Å². The monoisotopic (exact) mass is 399 g/mol. The first-order chi connectivity index (χ1) is 10.3. The van der Waals surface area contributed by atoms with Crippen molar-refractivity contribution in [1.29, 1.82) is 0 Å². The average molecular weight is 399 g/mol. The molecule has 0 N–H and O–H groups in total. The van der Waals surface area contributed by atoms with Crippen LogP contribution in [0.15, 0.2) is 36.1 Å². The molecule has 1 aliphatic rings. The van der Waals surface area contributed by atoms with Crippen LogP contribution < -0.4 is 0 Å². The third kappa shape index (κ3) is 4.10. The first-order valence-electron chi connectivity index (χ1n) is 6.05. The molecule has 1 radical (unpaired) electrons. The van der Waals surface area contributed by atoms with Crippen molar-refractivity contribution in [2.24, 2.45) is 0 Å². The Morgan fingerprint density at radius 2 is 1.78 bits per heavy atom. The molecule has 2 rings (SSSR count). The van der Waals surface area contributed by atoms with Gasteiger partial charge in [0.2, 0.25) is 0 Å². The molecule has 0 saturated heterocycles. The Morgan fingerprint density at radius 3 is 2.26 bits per heavy atom. The number of allylic oxidation sites excluding steroid dienone is 3. The Bertz CT molecular complexity index is 707. The molecular weight excluding hydrogens is 390 g/mol. The second kappa shape index (κ2) is 7.89. The fourth-order valence-electron chi connectivity index (χ4n) is 1.98. The summed E-state index contributed by atoms with van der Waals surface area (Å²) < 4.78 is 65.1. The summed E-state index contributed by atoms with van der Waals surface area (Å²) >= 11 is 0. The number of benzene rings is 1. The van der Waals surface area contributed by atoms with E-state index in [-0.39, 0.29) is 55.2 Å². The van der Waals surface area contributed by atoms with Crippen molar-refractivity contribution in [1.82, 2.24) is 4.90 Å². The first kappa shape index (κ1) is 19.6. The van der Waals surface area contributed by atoms with E-state index in [0.29, 0.717) is 12.1 Å². The summed E-state index contributed by atoms with van der Waals surface area (Å²) in [6, 6.07) is 1.39. The fourth-order valence-corrected chi connectivity index (χ4v) is 1.98. The van der Waals surface area contributed by atoms with Crippen LogP contribution in [0.3, 0.4) is 0 Å². The summed E-state index contributed by atoms with van der Waals surface area (Å²) in [4.78, 5) is 0.992. The first-order valence-corrected chi connectivity index (χ1v) is 6.05. The van der Waals surface area contributed by atoms with E-state index in [9.17, 15) is 22.0 Å². The average Bonchev–Trinajstić information content (AvgIpc) is 2.46. The van der Waals surface area contributed by atoms with Crippen LogP contribution in [-0.4, -0.2) is 17.9 Å². The summed E-state index contributed by atoms with van der Waals surface area (Å²) in [5, 5.41) is 0. The predicted molar refractivity (Wildman–Crippen MR) is 71.7 cm³/mol. The molecule has 1 aromatic carbocycles. The Balaban J connectivity index is 0.00000264. The maximum absolute atomic E-state index is 13.3. The zero-order valence-corrected chi connectivity index (χ0v) is 14.6. The van der Waals surface area contributed by atoms with Crippen LogP contribution in [0, 0.1) is 35.9 Å². The zero-order valence-electron chi connectivity index (χ0n) is 11.7. The van der Waals surface area contributed by atoms with Crippen LogP contribution in [0.2, 0.25) is 0 Å². The molecule has 0 amide bonds. The molecule has 0 aliphatic carbocycles. The SMILES string of the molecule is C#CC1=C[C-]=C(c2cc(F)c(F)c(F)c2)N(CC(F)F)C1=C.[Y]. The number of rotatable bonds is 3. The third-order valence-electron chi connectivity index (χ3n) is 2.99. The van der Waals surface area contributed by atoms with Gasteiger partial charge >= 0.3 is 0 Å². The zero-order chi connectivity index (χ0) is 16.4. The number of nitrogens with zero attached hydrogens (tertiary/aromatic N) is 1. The van der Waals surface area contributed by atoms with Gasteiger partial charge in [0, 0.05) is 32.7 Å². The third-order valence-corrected chi connectivity index (χ3v) is 2.99. The van der Waals surface area contributed by atoms with Gasteiger partial charge in [-0.1, -0.05) is 35.5 Å². The fraction of sp³-hybridized carbons (Fsp3) is 0.125. The summed E-state index contributed by atoms with van der Waals surface area (Å²) in [7, 11) is 0. The van der Waals surface area contributed by atoms with Gasteiger partial charge in [-0.2, -0.15) is 12.2 Å². The van der Waals surface area contributed by atoms with Crippen LogP contribution in [-0.2, 0) is 32.7 Å². The molecule has 0 spiro atoms. The van der Waals surface area contributed by atoms with Gasteiger partial charge in [0.1, 0.15) is 0 Å². The van der Waals surface area contributed by atoms with E-state index in [1.165, 1.54) is 6.08 Å². The molecule has 1 aliphatic heterocycles. The van der Waals surface area contributed by atoms with Crippen LogP contribution >= 0.6 is 0 Å². The van der Waals surface area contributed by atoms with Crippen LogP contribution in [0.4, 0.5) is 22.0 Å². The molecule has 1 aromatic rings. The molecule has 1 nitrogen and oxygen atoms in total. The van der Waals surface area contributed by atoms with Gasteiger partial charge < -0.3 is 4.90 Å². The second-order valence-corrected chi connectivity index (χ2v) is 4.40.